The minimum Gasteiger partial charge on any atom is -0.455 e. The summed E-state index contributed by atoms with van der Waals surface area (Å²) in [7, 11) is 0. The Hall–Kier alpha value is -2.69. The van der Waals surface area contributed by atoms with Crippen molar-refractivity contribution in [1.29, 1.82) is 0 Å². The van der Waals surface area contributed by atoms with E-state index < -0.39 is 11.7 Å². The normalized spacial score (nSPS) is 13.7. The van der Waals surface area contributed by atoms with Gasteiger partial charge in [-0.2, -0.15) is 13.2 Å². The molecule has 112 valence electrons. The number of halogens is 3. The van der Waals surface area contributed by atoms with Gasteiger partial charge in [-0.1, -0.05) is 24.3 Å². The van der Waals surface area contributed by atoms with Crippen molar-refractivity contribution in [3.05, 3.63) is 77.6 Å². The van der Waals surface area contributed by atoms with Gasteiger partial charge < -0.3 is 10.1 Å². The molecule has 2 nitrogen and oxygen atoms in total. The highest BCUT2D eigenvalue weighted by atomic mass is 19.4. The van der Waals surface area contributed by atoms with E-state index in [0.717, 1.165) is 23.3 Å². The predicted molar refractivity (Wildman–Crippen MR) is 78.7 cm³/mol. The molecular weight excluding hydrogens is 291 g/mol. The SMILES string of the molecule is FC(F)(F)c1ccc(OC2=CNC=Cc3ccccc32)cc1. The largest absolute Gasteiger partial charge is 0.455 e. The number of nitrogens with one attached hydrogen (secondary N) is 1. The fraction of sp³-hybridized carbons (Fsp3) is 0.0588. The highest BCUT2D eigenvalue weighted by Gasteiger charge is 2.30. The number of fused-ring (bicyclic) bond motifs is 1. The minimum atomic E-state index is -4.35. The smallest absolute Gasteiger partial charge is 0.416 e. The molecule has 3 rings (SSSR count). The monoisotopic (exact) mass is 303 g/mol. The van der Waals surface area contributed by atoms with Gasteiger partial charge in [-0.25, -0.2) is 0 Å². The lowest BCUT2D eigenvalue weighted by molar-refractivity contribution is -0.137. The van der Waals surface area contributed by atoms with Gasteiger partial charge in [0.2, 0.25) is 0 Å². The van der Waals surface area contributed by atoms with Crippen molar-refractivity contribution in [2.24, 2.45) is 0 Å². The Bertz CT molecular complexity index is 730. The first kappa shape index (κ1) is 14.3. The lowest BCUT2D eigenvalue weighted by atomic mass is 10.1. The third-order valence-electron chi connectivity index (χ3n) is 3.21. The van der Waals surface area contributed by atoms with Crippen LogP contribution in [0.2, 0.25) is 0 Å². The van der Waals surface area contributed by atoms with E-state index in [0.29, 0.717) is 11.5 Å². The van der Waals surface area contributed by atoms with Crippen LogP contribution in [0.4, 0.5) is 13.2 Å². The van der Waals surface area contributed by atoms with Crippen LogP contribution in [-0.4, -0.2) is 0 Å². The maximum absolute atomic E-state index is 12.6. The van der Waals surface area contributed by atoms with Gasteiger partial charge in [-0.15, -0.1) is 0 Å². The average Bonchev–Trinajstić information content (AvgIpc) is 2.70. The topological polar surface area (TPSA) is 21.3 Å². The molecule has 1 heterocycles. The van der Waals surface area contributed by atoms with E-state index in [4.69, 9.17) is 4.74 Å². The van der Waals surface area contributed by atoms with Gasteiger partial charge in [-0.3, -0.25) is 0 Å². The van der Waals surface area contributed by atoms with Gasteiger partial charge in [0.05, 0.1) is 5.56 Å². The van der Waals surface area contributed by atoms with Gasteiger partial charge in [0.15, 0.2) is 5.76 Å². The average molecular weight is 303 g/mol. The summed E-state index contributed by atoms with van der Waals surface area (Å²) in [6, 6.07) is 12.2. The second-order valence-electron chi connectivity index (χ2n) is 4.72. The predicted octanol–water partition coefficient (Wildman–Crippen LogP) is 4.66. The molecule has 0 aliphatic carbocycles. The zero-order valence-corrected chi connectivity index (χ0v) is 11.4. The summed E-state index contributed by atoms with van der Waals surface area (Å²) in [5.74, 6) is 0.887. The molecule has 0 fully saturated rings. The molecule has 2 aromatic carbocycles. The Morgan fingerprint density at radius 2 is 1.64 bits per heavy atom. The van der Waals surface area contributed by atoms with E-state index >= 15 is 0 Å². The first-order valence-electron chi connectivity index (χ1n) is 6.61. The molecule has 0 atom stereocenters. The summed E-state index contributed by atoms with van der Waals surface area (Å²) in [5.41, 5.74) is 1.13. The van der Waals surface area contributed by atoms with Crippen molar-refractivity contribution in [3.63, 3.8) is 0 Å². The molecule has 0 radical (unpaired) electrons. The molecule has 1 N–H and O–H groups in total. The highest BCUT2D eigenvalue weighted by Crippen LogP contribution is 2.31. The zero-order valence-electron chi connectivity index (χ0n) is 11.4. The van der Waals surface area contributed by atoms with Gasteiger partial charge in [0.25, 0.3) is 0 Å². The molecule has 22 heavy (non-hydrogen) atoms. The van der Waals surface area contributed by atoms with Gasteiger partial charge in [0.1, 0.15) is 5.75 Å². The van der Waals surface area contributed by atoms with Crippen LogP contribution >= 0.6 is 0 Å². The number of hydrogen-bond acceptors (Lipinski definition) is 2. The van der Waals surface area contributed by atoms with E-state index in [9.17, 15) is 13.2 Å². The molecule has 1 aliphatic rings. The van der Waals surface area contributed by atoms with Gasteiger partial charge in [-0.05, 0) is 35.9 Å². The molecule has 5 heteroatoms. The van der Waals surface area contributed by atoms with Crippen LogP contribution < -0.4 is 10.1 Å². The summed E-state index contributed by atoms with van der Waals surface area (Å²) in [6.07, 6.45) is 0.981. The molecule has 1 aliphatic heterocycles. The number of hydrogen-bond donors (Lipinski definition) is 1. The van der Waals surface area contributed by atoms with E-state index in [-0.39, 0.29) is 0 Å². The summed E-state index contributed by atoms with van der Waals surface area (Å²) in [5, 5.41) is 2.95. The Morgan fingerprint density at radius 3 is 2.36 bits per heavy atom. The Morgan fingerprint density at radius 1 is 0.909 bits per heavy atom. The van der Waals surface area contributed by atoms with E-state index in [1.54, 1.807) is 12.4 Å². The van der Waals surface area contributed by atoms with Crippen molar-refractivity contribution < 1.29 is 17.9 Å². The molecule has 0 aromatic heterocycles. The standard InChI is InChI=1S/C17H12F3NO/c18-17(19,20)13-5-7-14(8-6-13)22-16-11-21-10-9-12-3-1-2-4-15(12)16/h1-11,21H. The van der Waals surface area contributed by atoms with Gasteiger partial charge >= 0.3 is 6.18 Å². The molecule has 0 bridgehead atoms. The molecule has 0 saturated carbocycles. The number of ether oxygens (including phenoxy) is 1. The molecule has 0 spiro atoms. The second-order valence-corrected chi connectivity index (χ2v) is 4.72. The van der Waals surface area contributed by atoms with E-state index in [2.05, 4.69) is 5.32 Å². The molecule has 2 aromatic rings. The van der Waals surface area contributed by atoms with Crippen LogP contribution in [0, 0.1) is 0 Å². The summed E-state index contributed by atoms with van der Waals surface area (Å²) >= 11 is 0. The van der Waals surface area contributed by atoms with E-state index in [1.807, 2.05) is 30.3 Å². The highest BCUT2D eigenvalue weighted by molar-refractivity contribution is 5.73. The fourth-order valence-corrected chi connectivity index (χ4v) is 2.13. The molecule has 0 amide bonds. The van der Waals surface area contributed by atoms with Crippen molar-refractivity contribution in [2.45, 2.75) is 6.18 Å². The number of alkyl halides is 3. The summed E-state index contributed by atoms with van der Waals surface area (Å²) < 4.78 is 43.4. The number of benzene rings is 2. The fourth-order valence-electron chi connectivity index (χ4n) is 2.13. The van der Waals surface area contributed by atoms with Crippen molar-refractivity contribution >= 4 is 11.8 Å². The Labute approximate surface area is 125 Å². The van der Waals surface area contributed by atoms with Crippen LogP contribution in [0.5, 0.6) is 5.75 Å². The second kappa shape index (κ2) is 5.60. The Balaban J connectivity index is 1.87. The first-order chi connectivity index (χ1) is 10.5. The summed E-state index contributed by atoms with van der Waals surface area (Å²) in [4.78, 5) is 0. The lowest BCUT2D eigenvalue weighted by Gasteiger charge is -2.12. The molecule has 0 saturated heterocycles. The maximum atomic E-state index is 12.6. The van der Waals surface area contributed by atoms with Gasteiger partial charge in [0, 0.05) is 18.0 Å². The lowest BCUT2D eigenvalue weighted by Crippen LogP contribution is -2.05. The minimum absolute atomic E-state index is 0.345. The van der Waals surface area contributed by atoms with Crippen LogP contribution in [0.3, 0.4) is 0 Å². The number of rotatable bonds is 2. The van der Waals surface area contributed by atoms with Crippen molar-refractivity contribution in [2.75, 3.05) is 0 Å². The summed E-state index contributed by atoms with van der Waals surface area (Å²) in [6.45, 7) is 0. The van der Waals surface area contributed by atoms with Crippen LogP contribution in [-0.2, 0) is 6.18 Å². The third kappa shape index (κ3) is 2.98. The Kier molecular flexibility index (Phi) is 3.63. The molecule has 0 unspecified atom stereocenters. The first-order valence-corrected chi connectivity index (χ1v) is 6.61. The van der Waals surface area contributed by atoms with Crippen LogP contribution in [0.15, 0.2) is 60.9 Å². The van der Waals surface area contributed by atoms with E-state index in [1.165, 1.54) is 12.1 Å². The van der Waals surface area contributed by atoms with Crippen LogP contribution in [0.25, 0.3) is 11.8 Å². The maximum Gasteiger partial charge on any atom is 0.416 e. The van der Waals surface area contributed by atoms with Crippen molar-refractivity contribution in [1.82, 2.24) is 5.32 Å². The quantitative estimate of drug-likeness (QED) is 0.871. The van der Waals surface area contributed by atoms with Crippen LogP contribution in [0.1, 0.15) is 16.7 Å². The molecular formula is C17H12F3NO. The zero-order chi connectivity index (χ0) is 15.6. The third-order valence-corrected chi connectivity index (χ3v) is 3.21. The van der Waals surface area contributed by atoms with Crippen molar-refractivity contribution in [3.8, 4) is 5.75 Å².